The van der Waals surface area contributed by atoms with Crippen molar-refractivity contribution in [2.75, 3.05) is 37.6 Å². The van der Waals surface area contributed by atoms with Crippen molar-refractivity contribution in [3.05, 3.63) is 29.8 Å². The van der Waals surface area contributed by atoms with Crippen LogP contribution in [-0.4, -0.2) is 55.7 Å². The fraction of sp³-hybridized carbons (Fsp3) is 0.632. The first-order valence-electron chi connectivity index (χ1n) is 9.50. The van der Waals surface area contributed by atoms with Gasteiger partial charge < -0.3 is 10.2 Å². The molecular weight excluding hydrogens is 381 g/mol. The zero-order valence-electron chi connectivity index (χ0n) is 15.4. The Morgan fingerprint density at radius 3 is 2.07 bits per heavy atom. The van der Waals surface area contributed by atoms with E-state index >= 15 is 0 Å². The minimum absolute atomic E-state index is 0.0529. The number of carbonyl (C=O) groups is 1. The van der Waals surface area contributed by atoms with Crippen LogP contribution in [0.1, 0.15) is 25.7 Å². The maximum atomic E-state index is 13.4. The molecule has 2 aliphatic rings. The summed E-state index contributed by atoms with van der Waals surface area (Å²) in [5, 5.41) is 2.84. The number of benzene rings is 1. The van der Waals surface area contributed by atoms with Crippen LogP contribution in [0.2, 0.25) is 0 Å². The van der Waals surface area contributed by atoms with E-state index in [1.54, 1.807) is 0 Å². The summed E-state index contributed by atoms with van der Waals surface area (Å²) in [5.41, 5.74) is 0.475. The lowest BCUT2D eigenvalue weighted by Gasteiger charge is -2.36. The first-order chi connectivity index (χ1) is 13.2. The SMILES string of the molecule is O=C(CN1CCN(c2cc(F)cc(F)c2)CC1)NC1CCC(C(F)(F)F)CC1. The number of hydrogen-bond donors (Lipinski definition) is 1. The summed E-state index contributed by atoms with van der Waals surface area (Å²) >= 11 is 0. The Hall–Kier alpha value is -1.90. The molecule has 1 N–H and O–H groups in total. The number of hydrogen-bond acceptors (Lipinski definition) is 3. The minimum Gasteiger partial charge on any atom is -0.369 e. The predicted molar refractivity (Wildman–Crippen MR) is 95.0 cm³/mol. The van der Waals surface area contributed by atoms with Gasteiger partial charge in [0, 0.05) is 44.0 Å². The maximum Gasteiger partial charge on any atom is 0.391 e. The molecule has 3 rings (SSSR count). The third kappa shape index (κ3) is 5.56. The molecule has 1 saturated carbocycles. The van der Waals surface area contributed by atoms with Crippen LogP contribution in [0.3, 0.4) is 0 Å². The van der Waals surface area contributed by atoms with E-state index in [1.807, 2.05) is 9.80 Å². The standard InChI is InChI=1S/C19H24F5N3O/c20-14-9-15(21)11-17(10-14)27-7-5-26(6-8-27)12-18(28)25-16-3-1-13(2-4-16)19(22,23)24/h9-11,13,16H,1-8,12H2,(H,25,28). The minimum atomic E-state index is -4.15. The van der Waals surface area contributed by atoms with Gasteiger partial charge in [0.15, 0.2) is 0 Å². The predicted octanol–water partition coefficient (Wildman–Crippen LogP) is 3.32. The zero-order chi connectivity index (χ0) is 20.3. The lowest BCUT2D eigenvalue weighted by Crippen LogP contribution is -2.51. The topological polar surface area (TPSA) is 35.6 Å². The molecule has 0 unspecified atom stereocenters. The smallest absolute Gasteiger partial charge is 0.369 e. The van der Waals surface area contributed by atoms with Crippen LogP contribution in [0, 0.1) is 17.6 Å². The van der Waals surface area contributed by atoms with Crippen molar-refractivity contribution in [1.29, 1.82) is 0 Å². The highest BCUT2D eigenvalue weighted by Gasteiger charge is 2.41. The van der Waals surface area contributed by atoms with Crippen molar-refractivity contribution in [1.82, 2.24) is 10.2 Å². The van der Waals surface area contributed by atoms with Crippen molar-refractivity contribution in [2.24, 2.45) is 5.92 Å². The second-order valence-electron chi connectivity index (χ2n) is 7.55. The van der Waals surface area contributed by atoms with Crippen molar-refractivity contribution in [2.45, 2.75) is 37.9 Å². The van der Waals surface area contributed by atoms with Gasteiger partial charge in [-0.05, 0) is 37.8 Å². The molecule has 1 aliphatic heterocycles. The van der Waals surface area contributed by atoms with E-state index in [9.17, 15) is 26.7 Å². The van der Waals surface area contributed by atoms with Crippen LogP contribution in [-0.2, 0) is 4.79 Å². The van der Waals surface area contributed by atoms with Gasteiger partial charge in [0.25, 0.3) is 0 Å². The fourth-order valence-corrected chi connectivity index (χ4v) is 3.93. The molecule has 156 valence electrons. The average molecular weight is 405 g/mol. The van der Waals surface area contributed by atoms with Crippen LogP contribution in [0.15, 0.2) is 18.2 Å². The number of nitrogens with one attached hydrogen (secondary N) is 1. The first kappa shape index (κ1) is 20.8. The summed E-state index contributed by atoms with van der Waals surface area (Å²) < 4.78 is 64.8. The fourth-order valence-electron chi connectivity index (χ4n) is 3.93. The van der Waals surface area contributed by atoms with Gasteiger partial charge >= 0.3 is 6.18 Å². The van der Waals surface area contributed by atoms with Crippen molar-refractivity contribution >= 4 is 11.6 Å². The van der Waals surface area contributed by atoms with E-state index in [2.05, 4.69) is 5.32 Å². The Bertz CT molecular complexity index is 660. The molecule has 0 atom stereocenters. The molecule has 1 aliphatic carbocycles. The monoisotopic (exact) mass is 405 g/mol. The van der Waals surface area contributed by atoms with Crippen LogP contribution in [0.4, 0.5) is 27.6 Å². The molecule has 1 aromatic carbocycles. The molecule has 28 heavy (non-hydrogen) atoms. The number of nitrogens with zero attached hydrogens (tertiary/aromatic N) is 2. The van der Waals surface area contributed by atoms with Crippen LogP contribution < -0.4 is 10.2 Å². The number of alkyl halides is 3. The lowest BCUT2D eigenvalue weighted by molar-refractivity contribution is -0.182. The summed E-state index contributed by atoms with van der Waals surface area (Å²) in [5.74, 6) is -2.71. The zero-order valence-corrected chi connectivity index (χ0v) is 15.4. The second-order valence-corrected chi connectivity index (χ2v) is 7.55. The number of carbonyl (C=O) groups excluding carboxylic acids is 1. The van der Waals surface area contributed by atoms with Gasteiger partial charge in [-0.1, -0.05) is 0 Å². The Kier molecular flexibility index (Phi) is 6.42. The molecule has 1 saturated heterocycles. The van der Waals surface area contributed by atoms with Gasteiger partial charge in [-0.15, -0.1) is 0 Å². The molecule has 0 aromatic heterocycles. The molecule has 2 fully saturated rings. The number of piperazine rings is 1. The average Bonchev–Trinajstić information content (AvgIpc) is 2.61. The Morgan fingerprint density at radius 1 is 0.964 bits per heavy atom. The Balaban J connectivity index is 1.41. The van der Waals surface area contributed by atoms with Gasteiger partial charge in [0.05, 0.1) is 12.5 Å². The van der Waals surface area contributed by atoms with E-state index in [0.29, 0.717) is 44.7 Å². The number of anilines is 1. The van der Waals surface area contributed by atoms with E-state index < -0.39 is 23.7 Å². The van der Waals surface area contributed by atoms with Gasteiger partial charge in [-0.2, -0.15) is 13.2 Å². The highest BCUT2D eigenvalue weighted by molar-refractivity contribution is 5.78. The van der Waals surface area contributed by atoms with Gasteiger partial charge in [0.1, 0.15) is 11.6 Å². The molecule has 0 radical (unpaired) electrons. The largest absolute Gasteiger partial charge is 0.391 e. The van der Waals surface area contributed by atoms with E-state index in [1.165, 1.54) is 12.1 Å². The van der Waals surface area contributed by atoms with Gasteiger partial charge in [-0.25, -0.2) is 8.78 Å². The number of rotatable bonds is 4. The molecule has 0 spiro atoms. The quantitative estimate of drug-likeness (QED) is 0.781. The second kappa shape index (κ2) is 8.63. The van der Waals surface area contributed by atoms with Crippen molar-refractivity contribution < 1.29 is 26.7 Å². The third-order valence-corrected chi connectivity index (χ3v) is 5.51. The normalized spacial score (nSPS) is 24.2. The summed E-state index contributed by atoms with van der Waals surface area (Å²) in [6.45, 7) is 2.36. The first-order valence-corrected chi connectivity index (χ1v) is 9.50. The molecular formula is C19H24F5N3O. The van der Waals surface area contributed by atoms with E-state index in [0.717, 1.165) is 6.07 Å². The summed E-state index contributed by atoms with van der Waals surface area (Å²) in [6.07, 6.45) is -3.36. The summed E-state index contributed by atoms with van der Waals surface area (Å²) in [6, 6.07) is 3.18. The molecule has 1 amide bonds. The molecule has 1 heterocycles. The van der Waals surface area contributed by atoms with Crippen LogP contribution in [0.5, 0.6) is 0 Å². The van der Waals surface area contributed by atoms with Gasteiger partial charge in [-0.3, -0.25) is 9.69 Å². The summed E-state index contributed by atoms with van der Waals surface area (Å²) in [4.78, 5) is 16.0. The van der Waals surface area contributed by atoms with Crippen LogP contribution >= 0.6 is 0 Å². The molecule has 0 bridgehead atoms. The molecule has 4 nitrogen and oxygen atoms in total. The van der Waals surface area contributed by atoms with E-state index in [4.69, 9.17) is 0 Å². The number of halogens is 5. The van der Waals surface area contributed by atoms with Gasteiger partial charge in [0.2, 0.25) is 5.91 Å². The molecule has 9 heteroatoms. The lowest BCUT2D eigenvalue weighted by atomic mass is 9.85. The van der Waals surface area contributed by atoms with E-state index in [-0.39, 0.29) is 31.3 Å². The molecule has 1 aromatic rings. The maximum absolute atomic E-state index is 13.4. The highest BCUT2D eigenvalue weighted by Crippen LogP contribution is 2.37. The summed E-state index contributed by atoms with van der Waals surface area (Å²) in [7, 11) is 0. The third-order valence-electron chi connectivity index (χ3n) is 5.51. The van der Waals surface area contributed by atoms with Crippen LogP contribution in [0.25, 0.3) is 0 Å². The van der Waals surface area contributed by atoms with Crippen molar-refractivity contribution in [3.8, 4) is 0 Å². The Labute approximate surface area is 160 Å². The number of amides is 1. The Morgan fingerprint density at radius 2 is 1.54 bits per heavy atom. The van der Waals surface area contributed by atoms with Crippen molar-refractivity contribution in [3.63, 3.8) is 0 Å². The highest BCUT2D eigenvalue weighted by atomic mass is 19.4.